The molecule has 0 spiro atoms. The molecule has 1 aromatic carbocycles. The van der Waals surface area contributed by atoms with E-state index in [0.29, 0.717) is 5.02 Å². The Hall–Kier alpha value is -1.43. The summed E-state index contributed by atoms with van der Waals surface area (Å²) < 4.78 is 26.4. The van der Waals surface area contributed by atoms with Crippen molar-refractivity contribution in [2.45, 2.75) is 11.4 Å². The maximum atomic E-state index is 12.0. The van der Waals surface area contributed by atoms with Gasteiger partial charge in [-0.1, -0.05) is 23.7 Å². The van der Waals surface area contributed by atoms with Gasteiger partial charge >= 0.3 is 0 Å². The van der Waals surface area contributed by atoms with Crippen molar-refractivity contribution in [2.75, 3.05) is 0 Å². The smallest absolute Gasteiger partial charge is 0.240 e. The fourth-order valence-electron chi connectivity index (χ4n) is 1.40. The van der Waals surface area contributed by atoms with E-state index in [2.05, 4.69) is 9.71 Å². The Morgan fingerprint density at radius 3 is 2.72 bits per heavy atom. The van der Waals surface area contributed by atoms with Crippen LogP contribution in [-0.2, 0) is 16.6 Å². The minimum Gasteiger partial charge on any atom is -0.264 e. The average Bonchev–Trinajstić information content (AvgIpc) is 2.38. The van der Waals surface area contributed by atoms with E-state index >= 15 is 0 Å². The summed E-state index contributed by atoms with van der Waals surface area (Å²) >= 11 is 5.77. The zero-order chi connectivity index (χ0) is 13.0. The molecule has 0 aliphatic rings. The van der Waals surface area contributed by atoms with Crippen LogP contribution in [0.2, 0.25) is 5.02 Å². The van der Waals surface area contributed by atoms with Crippen LogP contribution >= 0.6 is 11.6 Å². The molecule has 0 aliphatic heterocycles. The molecule has 0 saturated heterocycles. The molecule has 94 valence electrons. The zero-order valence-corrected chi connectivity index (χ0v) is 10.9. The van der Waals surface area contributed by atoms with Crippen molar-refractivity contribution in [1.82, 2.24) is 9.71 Å². The summed E-state index contributed by atoms with van der Waals surface area (Å²) in [7, 11) is -3.54. The first-order valence-corrected chi connectivity index (χ1v) is 7.08. The van der Waals surface area contributed by atoms with Gasteiger partial charge in [0, 0.05) is 24.0 Å². The fraction of sp³-hybridized carbons (Fsp3) is 0.0833. The van der Waals surface area contributed by atoms with E-state index in [1.165, 1.54) is 12.1 Å². The highest BCUT2D eigenvalue weighted by molar-refractivity contribution is 7.89. The first-order valence-electron chi connectivity index (χ1n) is 5.22. The Morgan fingerprint density at radius 2 is 2.06 bits per heavy atom. The van der Waals surface area contributed by atoms with Gasteiger partial charge in [0.15, 0.2) is 0 Å². The third kappa shape index (κ3) is 3.29. The molecule has 0 atom stereocenters. The van der Waals surface area contributed by atoms with Crippen molar-refractivity contribution in [1.29, 1.82) is 0 Å². The van der Waals surface area contributed by atoms with Crippen LogP contribution in [0.3, 0.4) is 0 Å². The molecule has 0 saturated carbocycles. The Morgan fingerprint density at radius 1 is 1.22 bits per heavy atom. The molecule has 4 nitrogen and oxygen atoms in total. The van der Waals surface area contributed by atoms with Crippen LogP contribution < -0.4 is 4.72 Å². The van der Waals surface area contributed by atoms with Crippen LogP contribution in [0.15, 0.2) is 53.7 Å². The maximum absolute atomic E-state index is 12.0. The number of nitrogens with zero attached hydrogens (tertiary/aromatic N) is 1. The highest BCUT2D eigenvalue weighted by atomic mass is 35.5. The summed E-state index contributed by atoms with van der Waals surface area (Å²) in [4.78, 5) is 4.07. The minimum absolute atomic E-state index is 0.152. The highest BCUT2D eigenvalue weighted by Gasteiger charge is 2.13. The Kier molecular flexibility index (Phi) is 3.96. The normalized spacial score (nSPS) is 11.4. The average molecular weight is 283 g/mol. The van der Waals surface area contributed by atoms with Crippen LogP contribution in [0.5, 0.6) is 0 Å². The largest absolute Gasteiger partial charge is 0.264 e. The van der Waals surface area contributed by atoms with Gasteiger partial charge in [-0.25, -0.2) is 13.1 Å². The van der Waals surface area contributed by atoms with E-state index in [1.807, 2.05) is 0 Å². The number of benzene rings is 1. The third-order valence-electron chi connectivity index (χ3n) is 2.30. The molecule has 0 fully saturated rings. The molecule has 1 heterocycles. The summed E-state index contributed by atoms with van der Waals surface area (Å²) in [6.45, 7) is 0.197. The minimum atomic E-state index is -3.54. The fourth-order valence-corrected chi connectivity index (χ4v) is 2.72. The topological polar surface area (TPSA) is 59.1 Å². The molecule has 0 aliphatic carbocycles. The second kappa shape index (κ2) is 5.48. The standard InChI is InChI=1S/C12H11ClN2O2S/c13-11-4-1-5-12(7-11)18(16,17)15-9-10-3-2-6-14-8-10/h1-8,15H,9H2. The number of sulfonamides is 1. The number of nitrogens with one attached hydrogen (secondary N) is 1. The SMILES string of the molecule is O=S(=O)(NCc1cccnc1)c1cccc(Cl)c1. The lowest BCUT2D eigenvalue weighted by Gasteiger charge is -2.06. The summed E-state index contributed by atoms with van der Waals surface area (Å²) in [5.41, 5.74) is 0.795. The van der Waals surface area contributed by atoms with Gasteiger partial charge in [0.1, 0.15) is 0 Å². The van der Waals surface area contributed by atoms with Gasteiger partial charge in [0.25, 0.3) is 0 Å². The third-order valence-corrected chi connectivity index (χ3v) is 3.93. The Balaban J connectivity index is 2.13. The highest BCUT2D eigenvalue weighted by Crippen LogP contribution is 2.15. The van der Waals surface area contributed by atoms with Crippen molar-refractivity contribution in [3.8, 4) is 0 Å². The first-order chi connectivity index (χ1) is 8.58. The Bertz CT molecular complexity index is 630. The van der Waals surface area contributed by atoms with Crippen molar-refractivity contribution >= 4 is 21.6 Å². The molecular formula is C12H11ClN2O2S. The summed E-state index contributed by atoms with van der Waals surface area (Å²) in [5, 5.41) is 0.388. The molecule has 0 radical (unpaired) electrons. The predicted molar refractivity (Wildman–Crippen MR) is 69.7 cm³/mol. The van der Waals surface area contributed by atoms with Crippen LogP contribution in [0, 0.1) is 0 Å². The molecule has 6 heteroatoms. The van der Waals surface area contributed by atoms with Gasteiger partial charge in [-0.05, 0) is 29.8 Å². The van der Waals surface area contributed by atoms with Crippen molar-refractivity contribution < 1.29 is 8.42 Å². The molecule has 0 amide bonds. The van der Waals surface area contributed by atoms with Gasteiger partial charge in [-0.2, -0.15) is 0 Å². The molecule has 18 heavy (non-hydrogen) atoms. The number of halogens is 1. The van der Waals surface area contributed by atoms with E-state index < -0.39 is 10.0 Å². The van der Waals surface area contributed by atoms with Crippen LogP contribution in [0.4, 0.5) is 0 Å². The van der Waals surface area contributed by atoms with Crippen LogP contribution in [0.1, 0.15) is 5.56 Å². The predicted octanol–water partition coefficient (Wildman–Crippen LogP) is 2.21. The first kappa shape index (κ1) is 13.0. The number of rotatable bonds is 4. The zero-order valence-electron chi connectivity index (χ0n) is 9.38. The second-order valence-electron chi connectivity index (χ2n) is 3.64. The van der Waals surface area contributed by atoms with Crippen molar-refractivity contribution in [3.05, 3.63) is 59.4 Å². The molecule has 0 bridgehead atoms. The van der Waals surface area contributed by atoms with E-state index in [1.54, 1.807) is 36.7 Å². The van der Waals surface area contributed by atoms with Gasteiger partial charge < -0.3 is 0 Å². The van der Waals surface area contributed by atoms with Gasteiger partial charge in [0.05, 0.1) is 4.90 Å². The lowest BCUT2D eigenvalue weighted by molar-refractivity contribution is 0.581. The summed E-state index contributed by atoms with van der Waals surface area (Å²) in [6.07, 6.45) is 3.25. The monoisotopic (exact) mass is 282 g/mol. The van der Waals surface area contributed by atoms with Gasteiger partial charge in [0.2, 0.25) is 10.0 Å². The summed E-state index contributed by atoms with van der Waals surface area (Å²) in [6, 6.07) is 9.68. The van der Waals surface area contributed by atoms with Gasteiger partial charge in [-0.15, -0.1) is 0 Å². The van der Waals surface area contributed by atoms with E-state index in [4.69, 9.17) is 11.6 Å². The van der Waals surface area contributed by atoms with Crippen LogP contribution in [0.25, 0.3) is 0 Å². The molecule has 1 N–H and O–H groups in total. The molecule has 2 rings (SSSR count). The summed E-state index contributed by atoms with van der Waals surface area (Å²) in [5.74, 6) is 0. The van der Waals surface area contributed by atoms with E-state index in [9.17, 15) is 8.42 Å². The number of aromatic nitrogens is 1. The lowest BCUT2D eigenvalue weighted by Crippen LogP contribution is -2.23. The van der Waals surface area contributed by atoms with Gasteiger partial charge in [-0.3, -0.25) is 4.98 Å². The molecule has 0 unspecified atom stereocenters. The number of hydrogen-bond acceptors (Lipinski definition) is 3. The lowest BCUT2D eigenvalue weighted by atomic mass is 10.3. The Labute approximate surface area is 111 Å². The molecular weight excluding hydrogens is 272 g/mol. The number of pyridine rings is 1. The molecule has 2 aromatic rings. The van der Waals surface area contributed by atoms with E-state index in [0.717, 1.165) is 5.56 Å². The maximum Gasteiger partial charge on any atom is 0.240 e. The van der Waals surface area contributed by atoms with Crippen LogP contribution in [-0.4, -0.2) is 13.4 Å². The quantitative estimate of drug-likeness (QED) is 0.935. The van der Waals surface area contributed by atoms with Crippen molar-refractivity contribution in [3.63, 3.8) is 0 Å². The number of hydrogen-bond donors (Lipinski definition) is 1. The van der Waals surface area contributed by atoms with Crippen molar-refractivity contribution in [2.24, 2.45) is 0 Å². The molecule has 1 aromatic heterocycles. The van der Waals surface area contributed by atoms with E-state index in [-0.39, 0.29) is 11.4 Å². The second-order valence-corrected chi connectivity index (χ2v) is 5.85.